The summed E-state index contributed by atoms with van der Waals surface area (Å²) < 4.78 is 5.24. The number of guanidine groups is 1. The van der Waals surface area contributed by atoms with Crippen LogP contribution in [0.25, 0.3) is 0 Å². The number of benzene rings is 2. The van der Waals surface area contributed by atoms with Gasteiger partial charge in [-0.05, 0) is 41.8 Å². The first-order valence-electron chi connectivity index (χ1n) is 9.79. The Bertz CT molecular complexity index is 829. The molecule has 0 unspecified atom stereocenters. The second-order valence-corrected chi connectivity index (χ2v) is 7.49. The third-order valence-corrected chi connectivity index (χ3v) is 4.92. The number of amides is 1. The lowest BCUT2D eigenvalue weighted by atomic mass is 9.84. The molecule has 0 aliphatic heterocycles. The van der Waals surface area contributed by atoms with E-state index in [4.69, 9.17) is 4.74 Å². The molecule has 0 heterocycles. The van der Waals surface area contributed by atoms with E-state index < -0.39 is 0 Å². The number of hydrogen-bond donors (Lipinski definition) is 3. The number of rotatable bonds is 8. The van der Waals surface area contributed by atoms with Crippen molar-refractivity contribution in [1.29, 1.82) is 0 Å². The highest BCUT2D eigenvalue weighted by molar-refractivity contribution is 5.94. The molecule has 0 bridgehead atoms. The molecule has 156 valence electrons. The molecule has 0 aliphatic carbocycles. The zero-order valence-electron chi connectivity index (χ0n) is 18.0. The summed E-state index contributed by atoms with van der Waals surface area (Å²) in [6.07, 6.45) is 0.799. The van der Waals surface area contributed by atoms with Crippen LogP contribution in [0.15, 0.2) is 53.5 Å². The summed E-state index contributed by atoms with van der Waals surface area (Å²) in [5.41, 5.74) is 2.94. The zero-order valence-corrected chi connectivity index (χ0v) is 18.0. The quantitative estimate of drug-likeness (QED) is 0.474. The van der Waals surface area contributed by atoms with E-state index in [1.54, 1.807) is 21.2 Å². The first-order chi connectivity index (χ1) is 13.9. The van der Waals surface area contributed by atoms with Crippen LogP contribution in [0, 0.1) is 0 Å². The Kier molecular flexibility index (Phi) is 8.07. The maximum atomic E-state index is 11.8. The number of nitrogens with one attached hydrogen (secondary N) is 3. The fraction of sp³-hybridized carbons (Fsp3) is 0.391. The molecule has 0 aliphatic rings. The monoisotopic (exact) mass is 396 g/mol. The Labute approximate surface area is 173 Å². The number of ether oxygens (including phenoxy) is 1. The molecular formula is C23H32N4O2. The van der Waals surface area contributed by atoms with Crippen LogP contribution in [0.4, 0.5) is 0 Å². The topological polar surface area (TPSA) is 74.8 Å². The molecule has 0 saturated heterocycles. The summed E-state index contributed by atoms with van der Waals surface area (Å²) >= 11 is 0. The Morgan fingerprint density at radius 2 is 1.83 bits per heavy atom. The molecule has 0 radical (unpaired) electrons. The molecule has 0 atom stereocenters. The van der Waals surface area contributed by atoms with Crippen molar-refractivity contribution in [3.8, 4) is 5.75 Å². The highest BCUT2D eigenvalue weighted by atomic mass is 16.5. The van der Waals surface area contributed by atoms with Crippen LogP contribution in [0.5, 0.6) is 5.75 Å². The standard InChI is InChI=1S/C23H32N4O2/c1-23(2,19-9-11-20(29-5)12-10-19)16-27-22(25-4)26-14-13-17-7-6-8-18(15-17)21(28)24-3/h6-12,15H,13-14,16H2,1-5H3,(H,24,28)(H2,25,26,27). The van der Waals surface area contributed by atoms with Crippen LogP contribution >= 0.6 is 0 Å². The predicted octanol–water partition coefficient (Wildman–Crippen LogP) is 2.74. The van der Waals surface area contributed by atoms with Crippen LogP contribution in [0.3, 0.4) is 0 Å². The molecule has 2 aromatic carbocycles. The number of methoxy groups -OCH3 is 1. The molecule has 2 rings (SSSR count). The van der Waals surface area contributed by atoms with Gasteiger partial charge in [0.05, 0.1) is 7.11 Å². The molecular weight excluding hydrogens is 364 g/mol. The summed E-state index contributed by atoms with van der Waals surface area (Å²) in [6, 6.07) is 15.8. The predicted molar refractivity (Wildman–Crippen MR) is 119 cm³/mol. The van der Waals surface area contributed by atoms with Gasteiger partial charge in [0.15, 0.2) is 5.96 Å². The van der Waals surface area contributed by atoms with E-state index in [9.17, 15) is 4.79 Å². The van der Waals surface area contributed by atoms with Crippen LogP contribution in [-0.4, -0.2) is 46.2 Å². The zero-order chi connectivity index (χ0) is 21.3. The lowest BCUT2D eigenvalue weighted by molar-refractivity contribution is 0.0963. The highest BCUT2D eigenvalue weighted by Gasteiger charge is 2.21. The molecule has 0 spiro atoms. The smallest absolute Gasteiger partial charge is 0.251 e. The molecule has 0 aromatic heterocycles. The number of nitrogens with zero attached hydrogens (tertiary/aromatic N) is 1. The molecule has 2 aromatic rings. The van der Waals surface area contributed by atoms with Crippen molar-refractivity contribution in [2.75, 3.05) is 34.3 Å². The van der Waals surface area contributed by atoms with Crippen molar-refractivity contribution in [2.24, 2.45) is 4.99 Å². The minimum Gasteiger partial charge on any atom is -0.497 e. The summed E-state index contributed by atoms with van der Waals surface area (Å²) in [6.45, 7) is 5.85. The van der Waals surface area contributed by atoms with E-state index >= 15 is 0 Å². The fourth-order valence-electron chi connectivity index (χ4n) is 3.01. The van der Waals surface area contributed by atoms with E-state index in [0.29, 0.717) is 5.56 Å². The van der Waals surface area contributed by atoms with E-state index in [2.05, 4.69) is 46.9 Å². The van der Waals surface area contributed by atoms with Gasteiger partial charge < -0.3 is 20.7 Å². The molecule has 6 heteroatoms. The number of aliphatic imine (C=N–C) groups is 1. The van der Waals surface area contributed by atoms with Crippen molar-refractivity contribution in [1.82, 2.24) is 16.0 Å². The minimum atomic E-state index is -0.0713. The van der Waals surface area contributed by atoms with Crippen LogP contribution in [0.1, 0.15) is 35.3 Å². The van der Waals surface area contributed by atoms with Gasteiger partial charge in [-0.1, -0.05) is 38.1 Å². The van der Waals surface area contributed by atoms with Gasteiger partial charge in [0, 0.05) is 38.2 Å². The average molecular weight is 397 g/mol. The third-order valence-electron chi connectivity index (χ3n) is 4.92. The average Bonchev–Trinajstić information content (AvgIpc) is 2.75. The Hall–Kier alpha value is -3.02. The van der Waals surface area contributed by atoms with Gasteiger partial charge in [0.25, 0.3) is 5.91 Å². The second kappa shape index (κ2) is 10.5. The van der Waals surface area contributed by atoms with E-state index in [-0.39, 0.29) is 11.3 Å². The minimum absolute atomic E-state index is 0.0638. The van der Waals surface area contributed by atoms with Gasteiger partial charge >= 0.3 is 0 Å². The van der Waals surface area contributed by atoms with Crippen molar-refractivity contribution in [3.05, 3.63) is 65.2 Å². The van der Waals surface area contributed by atoms with Crippen LogP contribution < -0.4 is 20.7 Å². The Morgan fingerprint density at radius 1 is 1.10 bits per heavy atom. The molecule has 3 N–H and O–H groups in total. The highest BCUT2D eigenvalue weighted by Crippen LogP contribution is 2.24. The summed E-state index contributed by atoms with van der Waals surface area (Å²) in [7, 11) is 5.08. The lowest BCUT2D eigenvalue weighted by Crippen LogP contribution is -2.44. The normalized spacial score (nSPS) is 11.7. The van der Waals surface area contributed by atoms with Gasteiger partial charge in [-0.15, -0.1) is 0 Å². The van der Waals surface area contributed by atoms with Gasteiger partial charge in [-0.3, -0.25) is 9.79 Å². The number of carbonyl (C=O) groups is 1. The van der Waals surface area contributed by atoms with Crippen LogP contribution in [0.2, 0.25) is 0 Å². The van der Waals surface area contributed by atoms with E-state index in [1.807, 2.05) is 36.4 Å². The van der Waals surface area contributed by atoms with Gasteiger partial charge in [0.1, 0.15) is 5.75 Å². The fourth-order valence-corrected chi connectivity index (χ4v) is 3.01. The van der Waals surface area contributed by atoms with Gasteiger partial charge in [0.2, 0.25) is 0 Å². The molecule has 1 amide bonds. The van der Waals surface area contributed by atoms with Crippen molar-refractivity contribution in [2.45, 2.75) is 25.7 Å². The summed E-state index contributed by atoms with van der Waals surface area (Å²) in [5, 5.41) is 9.40. The lowest BCUT2D eigenvalue weighted by Gasteiger charge is -2.27. The molecule has 29 heavy (non-hydrogen) atoms. The summed E-state index contributed by atoms with van der Waals surface area (Å²) in [5.74, 6) is 1.54. The number of carbonyl (C=O) groups excluding carboxylic acids is 1. The largest absolute Gasteiger partial charge is 0.497 e. The first-order valence-corrected chi connectivity index (χ1v) is 9.79. The number of hydrogen-bond acceptors (Lipinski definition) is 3. The van der Waals surface area contributed by atoms with E-state index in [0.717, 1.165) is 36.8 Å². The SMILES string of the molecule is CN=C(NCCc1cccc(C(=O)NC)c1)NCC(C)(C)c1ccc(OC)cc1. The van der Waals surface area contributed by atoms with Gasteiger partial charge in [-0.25, -0.2) is 0 Å². The molecule has 0 saturated carbocycles. The second-order valence-electron chi connectivity index (χ2n) is 7.49. The summed E-state index contributed by atoms with van der Waals surface area (Å²) in [4.78, 5) is 16.1. The molecule has 6 nitrogen and oxygen atoms in total. The maximum absolute atomic E-state index is 11.8. The third kappa shape index (κ3) is 6.52. The maximum Gasteiger partial charge on any atom is 0.251 e. The van der Waals surface area contributed by atoms with E-state index in [1.165, 1.54) is 5.56 Å². The Balaban J connectivity index is 1.86. The van der Waals surface area contributed by atoms with Gasteiger partial charge in [-0.2, -0.15) is 0 Å². The van der Waals surface area contributed by atoms with Crippen LogP contribution in [-0.2, 0) is 11.8 Å². The van der Waals surface area contributed by atoms with Crippen molar-refractivity contribution < 1.29 is 9.53 Å². The first kappa shape index (κ1) is 22.3. The Morgan fingerprint density at radius 3 is 2.45 bits per heavy atom. The van der Waals surface area contributed by atoms with Crippen molar-refractivity contribution in [3.63, 3.8) is 0 Å². The van der Waals surface area contributed by atoms with Crippen molar-refractivity contribution >= 4 is 11.9 Å². The molecule has 0 fully saturated rings.